The van der Waals surface area contributed by atoms with Crippen LogP contribution in [0, 0.1) is 40.9 Å². The Morgan fingerprint density at radius 2 is 1.85 bits per heavy atom. The van der Waals surface area contributed by atoms with Crippen LogP contribution < -0.4 is 0 Å². The van der Waals surface area contributed by atoms with E-state index in [1.54, 1.807) is 0 Å². The highest BCUT2D eigenvalue weighted by Gasteiger charge is 2.52. The van der Waals surface area contributed by atoms with Crippen molar-refractivity contribution in [1.82, 2.24) is 0 Å². The van der Waals surface area contributed by atoms with Gasteiger partial charge in [-0.3, -0.25) is 0 Å². The molecular formula is C34H52O5. The van der Waals surface area contributed by atoms with Crippen molar-refractivity contribution in [2.45, 2.75) is 110 Å². The second-order valence-corrected chi connectivity index (χ2v) is 13.7. The van der Waals surface area contributed by atoms with Crippen molar-refractivity contribution < 1.29 is 24.9 Å². The van der Waals surface area contributed by atoms with Crippen LogP contribution in [0.15, 0.2) is 47.6 Å². The Morgan fingerprint density at radius 1 is 1.10 bits per heavy atom. The van der Waals surface area contributed by atoms with E-state index < -0.39 is 12.2 Å². The summed E-state index contributed by atoms with van der Waals surface area (Å²) in [5.41, 5.74) is 4.03. The highest BCUT2D eigenvalue weighted by atomic mass is 16.6. The number of rotatable bonds is 9. The van der Waals surface area contributed by atoms with Crippen LogP contribution in [0.1, 0.15) is 91.9 Å². The number of cyclic esters (lactones) is 1. The van der Waals surface area contributed by atoms with E-state index in [2.05, 4.69) is 53.0 Å². The third-order valence-electron chi connectivity index (χ3n) is 10.8. The molecule has 3 N–H and O–H groups in total. The molecule has 218 valence electrons. The Bertz CT molecular complexity index is 992. The van der Waals surface area contributed by atoms with Crippen LogP contribution in [0.3, 0.4) is 0 Å². The molecule has 1 heterocycles. The minimum atomic E-state index is -0.765. The summed E-state index contributed by atoms with van der Waals surface area (Å²) >= 11 is 0. The second kappa shape index (κ2) is 12.4. The molecule has 0 aromatic heterocycles. The molecule has 5 heteroatoms. The van der Waals surface area contributed by atoms with Gasteiger partial charge in [-0.05, 0) is 104 Å². The zero-order valence-corrected chi connectivity index (χ0v) is 24.7. The second-order valence-electron chi connectivity index (χ2n) is 13.7. The van der Waals surface area contributed by atoms with E-state index in [1.165, 1.54) is 31.3 Å². The molecule has 0 spiro atoms. The molecule has 4 fully saturated rings. The minimum absolute atomic E-state index is 0.0511. The van der Waals surface area contributed by atoms with Gasteiger partial charge in [0.15, 0.2) is 0 Å². The number of hydrogen-bond acceptors (Lipinski definition) is 5. The van der Waals surface area contributed by atoms with E-state index in [-0.39, 0.29) is 35.9 Å². The summed E-state index contributed by atoms with van der Waals surface area (Å²) in [5.74, 6) is 1.76. The molecule has 0 amide bonds. The summed E-state index contributed by atoms with van der Waals surface area (Å²) in [5, 5.41) is 30.7. The molecule has 0 radical (unpaired) electrons. The van der Waals surface area contributed by atoms with Gasteiger partial charge < -0.3 is 20.1 Å². The maximum atomic E-state index is 12.4. The van der Waals surface area contributed by atoms with Crippen LogP contribution in [-0.2, 0) is 9.53 Å². The van der Waals surface area contributed by atoms with E-state index in [0.717, 1.165) is 24.8 Å². The van der Waals surface area contributed by atoms with Gasteiger partial charge in [0.05, 0.1) is 12.2 Å². The summed E-state index contributed by atoms with van der Waals surface area (Å²) in [6.07, 6.45) is 12.3. The van der Waals surface area contributed by atoms with E-state index in [0.29, 0.717) is 54.1 Å². The maximum absolute atomic E-state index is 12.4. The van der Waals surface area contributed by atoms with Gasteiger partial charge in [0, 0.05) is 24.0 Å². The van der Waals surface area contributed by atoms with Crippen molar-refractivity contribution >= 4 is 5.97 Å². The first-order valence-corrected chi connectivity index (χ1v) is 15.4. The summed E-state index contributed by atoms with van der Waals surface area (Å²) < 4.78 is 5.85. The van der Waals surface area contributed by atoms with Crippen molar-refractivity contribution in [2.75, 3.05) is 6.61 Å². The third-order valence-corrected chi connectivity index (χ3v) is 10.8. The molecule has 0 unspecified atom stereocenters. The Kier molecular flexibility index (Phi) is 9.66. The SMILES string of the molecule is C=C1C(=CC=C2CCC[C@]3(C)[C@@H]([C@H](C)C[C@@H]4OC(=O)C(=C)[C@H]4CC(C)C)CC[C@@H]23)C[C@@H](O)[C@H](CCCO)[C@@H]1O. The number of aliphatic hydroxyl groups is 3. The van der Waals surface area contributed by atoms with Crippen LogP contribution >= 0.6 is 0 Å². The first-order valence-electron chi connectivity index (χ1n) is 15.4. The Balaban J connectivity index is 1.46. The van der Waals surface area contributed by atoms with Gasteiger partial charge in [0.25, 0.3) is 0 Å². The average molecular weight is 541 g/mol. The van der Waals surface area contributed by atoms with Crippen molar-refractivity contribution in [2.24, 2.45) is 40.9 Å². The van der Waals surface area contributed by atoms with Crippen molar-refractivity contribution in [3.05, 3.63) is 47.6 Å². The van der Waals surface area contributed by atoms with Crippen LogP contribution in [0.4, 0.5) is 0 Å². The monoisotopic (exact) mass is 540 g/mol. The summed E-state index contributed by atoms with van der Waals surface area (Å²) in [7, 11) is 0. The van der Waals surface area contributed by atoms with Crippen LogP contribution in [0.2, 0.25) is 0 Å². The summed E-state index contributed by atoms with van der Waals surface area (Å²) in [6, 6.07) is 0. The van der Waals surface area contributed by atoms with Crippen LogP contribution in [0.25, 0.3) is 0 Å². The van der Waals surface area contributed by atoms with Gasteiger partial charge in [-0.2, -0.15) is 0 Å². The molecule has 0 bridgehead atoms. The van der Waals surface area contributed by atoms with Gasteiger partial charge in [0.2, 0.25) is 0 Å². The summed E-state index contributed by atoms with van der Waals surface area (Å²) in [4.78, 5) is 12.4. The molecule has 0 aromatic rings. The van der Waals surface area contributed by atoms with Gasteiger partial charge in [-0.15, -0.1) is 0 Å². The lowest BCUT2D eigenvalue weighted by Gasteiger charge is -2.45. The summed E-state index contributed by atoms with van der Waals surface area (Å²) in [6.45, 7) is 17.5. The number of fused-ring (bicyclic) bond motifs is 1. The van der Waals surface area contributed by atoms with Gasteiger partial charge in [-0.25, -0.2) is 4.79 Å². The first kappa shape index (κ1) is 30.3. The standard InChI is InChI=1S/C34H52O5/c1-20(2)17-27-23(5)33(38)39-31(27)18-21(3)28-13-14-29-24(9-7-15-34(28,29)6)11-12-25-19-30(36)26(10-8-16-35)32(37)22(25)4/h11-12,20-21,26-32,35-37H,4-5,7-10,13-19H2,1-3,6H3/t21-,26+,27-,28-,29+,30-,31+,32-,34-/m1/s1. The van der Waals surface area contributed by atoms with Gasteiger partial charge in [-0.1, -0.05) is 58.6 Å². The number of allylic oxidation sites excluding steroid dienone is 3. The number of hydrogen-bond donors (Lipinski definition) is 3. The Morgan fingerprint density at radius 3 is 2.54 bits per heavy atom. The fraction of sp³-hybridized carbons (Fsp3) is 0.735. The highest BCUT2D eigenvalue weighted by Crippen LogP contribution is 2.60. The quantitative estimate of drug-likeness (QED) is 0.236. The Labute approximate surface area is 236 Å². The van der Waals surface area contributed by atoms with Gasteiger partial charge >= 0.3 is 5.97 Å². The number of carbonyl (C=O) groups excluding carboxylic acids is 1. The topological polar surface area (TPSA) is 87.0 Å². The number of carbonyl (C=O) groups is 1. The average Bonchev–Trinajstić information content (AvgIpc) is 3.36. The first-order chi connectivity index (χ1) is 18.5. The van der Waals surface area contributed by atoms with Gasteiger partial charge in [0.1, 0.15) is 6.10 Å². The lowest BCUT2D eigenvalue weighted by molar-refractivity contribution is -0.140. The maximum Gasteiger partial charge on any atom is 0.334 e. The molecule has 3 saturated carbocycles. The fourth-order valence-electron chi connectivity index (χ4n) is 8.66. The smallest absolute Gasteiger partial charge is 0.334 e. The molecule has 1 aliphatic heterocycles. The lowest BCUT2D eigenvalue weighted by atomic mass is 9.60. The molecular weight excluding hydrogens is 488 g/mol. The van der Waals surface area contributed by atoms with Crippen molar-refractivity contribution in [1.29, 1.82) is 0 Å². The molecule has 39 heavy (non-hydrogen) atoms. The molecule has 5 nitrogen and oxygen atoms in total. The van der Waals surface area contributed by atoms with Crippen molar-refractivity contribution in [3.8, 4) is 0 Å². The number of aliphatic hydroxyl groups excluding tert-OH is 3. The number of ether oxygens (including phenoxy) is 1. The third kappa shape index (κ3) is 6.16. The molecule has 4 rings (SSSR count). The largest absolute Gasteiger partial charge is 0.458 e. The minimum Gasteiger partial charge on any atom is -0.458 e. The molecule has 3 aliphatic carbocycles. The molecule has 1 saturated heterocycles. The van der Waals surface area contributed by atoms with Crippen LogP contribution in [-0.4, -0.2) is 46.2 Å². The van der Waals surface area contributed by atoms with E-state index in [9.17, 15) is 20.1 Å². The lowest BCUT2D eigenvalue weighted by Crippen LogP contribution is -2.38. The zero-order chi connectivity index (χ0) is 28.5. The van der Waals surface area contributed by atoms with E-state index >= 15 is 0 Å². The molecule has 0 aromatic carbocycles. The van der Waals surface area contributed by atoms with E-state index in [1.807, 2.05) is 0 Å². The van der Waals surface area contributed by atoms with E-state index in [4.69, 9.17) is 4.74 Å². The zero-order valence-electron chi connectivity index (χ0n) is 24.7. The Hall–Kier alpha value is -1.69. The van der Waals surface area contributed by atoms with Crippen LogP contribution in [0.5, 0.6) is 0 Å². The number of esters is 1. The predicted octanol–water partition coefficient (Wildman–Crippen LogP) is 6.30. The fourth-order valence-corrected chi connectivity index (χ4v) is 8.66. The highest BCUT2D eigenvalue weighted by molar-refractivity contribution is 5.90. The van der Waals surface area contributed by atoms with Crippen molar-refractivity contribution in [3.63, 3.8) is 0 Å². The molecule has 9 atom stereocenters. The predicted molar refractivity (Wildman–Crippen MR) is 156 cm³/mol. The molecule has 4 aliphatic rings. The normalized spacial score (nSPS) is 40.0.